The Kier molecular flexibility index (Phi) is 2.36. The lowest BCUT2D eigenvalue weighted by Crippen LogP contribution is -1.90. The lowest BCUT2D eigenvalue weighted by atomic mass is 10.2. The van der Waals surface area contributed by atoms with Gasteiger partial charge >= 0.3 is 0 Å². The summed E-state index contributed by atoms with van der Waals surface area (Å²) in [5.74, 6) is 1.33. The molecule has 2 aromatic rings. The Morgan fingerprint density at radius 3 is 2.29 bits per heavy atom. The van der Waals surface area contributed by atoms with E-state index in [1.807, 2.05) is 12.1 Å². The first-order chi connectivity index (χ1) is 6.90. The maximum atomic E-state index is 4.97. The Morgan fingerprint density at radius 1 is 1.07 bits per heavy atom. The van der Waals surface area contributed by atoms with E-state index in [0.717, 1.165) is 5.56 Å². The maximum Gasteiger partial charge on any atom is 0.159 e. The second-order valence-corrected chi connectivity index (χ2v) is 2.68. The highest BCUT2D eigenvalue weighted by atomic mass is 16.5. The summed E-state index contributed by atoms with van der Waals surface area (Å²) in [6, 6.07) is 3.73. The third-order valence-electron chi connectivity index (χ3n) is 1.80. The van der Waals surface area contributed by atoms with E-state index in [2.05, 4.69) is 15.0 Å². The standard InChI is InChI=1S/C10H9N3O/c1-14-9-6-12-10(13-7-9)8-2-4-11-5-3-8/h2-7H,1H3. The predicted octanol–water partition coefficient (Wildman–Crippen LogP) is 1.55. The zero-order valence-corrected chi connectivity index (χ0v) is 7.71. The number of hydrogen-bond acceptors (Lipinski definition) is 4. The van der Waals surface area contributed by atoms with Crippen LogP contribution in [0.15, 0.2) is 36.9 Å². The first kappa shape index (κ1) is 8.62. The van der Waals surface area contributed by atoms with Gasteiger partial charge in [0.1, 0.15) is 0 Å². The molecule has 0 amide bonds. The normalized spacial score (nSPS) is 9.79. The van der Waals surface area contributed by atoms with Crippen molar-refractivity contribution in [3.8, 4) is 17.1 Å². The van der Waals surface area contributed by atoms with E-state index in [1.165, 1.54) is 0 Å². The lowest BCUT2D eigenvalue weighted by Gasteiger charge is -2.00. The summed E-state index contributed by atoms with van der Waals surface area (Å²) in [7, 11) is 1.59. The number of pyridine rings is 1. The van der Waals surface area contributed by atoms with E-state index in [4.69, 9.17) is 4.74 Å². The molecule has 0 aliphatic rings. The molecule has 2 aromatic heterocycles. The number of rotatable bonds is 2. The van der Waals surface area contributed by atoms with Crippen LogP contribution in [-0.4, -0.2) is 22.1 Å². The van der Waals surface area contributed by atoms with Crippen LogP contribution in [0.2, 0.25) is 0 Å². The van der Waals surface area contributed by atoms with Crippen molar-refractivity contribution in [3.63, 3.8) is 0 Å². The van der Waals surface area contributed by atoms with Crippen LogP contribution in [-0.2, 0) is 0 Å². The fourth-order valence-corrected chi connectivity index (χ4v) is 1.07. The molecule has 14 heavy (non-hydrogen) atoms. The monoisotopic (exact) mass is 187 g/mol. The Morgan fingerprint density at radius 2 is 1.71 bits per heavy atom. The smallest absolute Gasteiger partial charge is 0.159 e. The van der Waals surface area contributed by atoms with E-state index in [0.29, 0.717) is 11.6 Å². The molecule has 0 atom stereocenters. The SMILES string of the molecule is COc1cnc(-c2ccncc2)nc1. The predicted molar refractivity (Wildman–Crippen MR) is 51.8 cm³/mol. The van der Waals surface area contributed by atoms with Gasteiger partial charge in [-0.05, 0) is 12.1 Å². The molecule has 4 nitrogen and oxygen atoms in total. The van der Waals surface area contributed by atoms with Gasteiger partial charge in [0, 0.05) is 18.0 Å². The van der Waals surface area contributed by atoms with Gasteiger partial charge in [0.05, 0.1) is 19.5 Å². The van der Waals surface area contributed by atoms with E-state index in [1.54, 1.807) is 31.9 Å². The average molecular weight is 187 g/mol. The van der Waals surface area contributed by atoms with Crippen LogP contribution in [0, 0.1) is 0 Å². The topological polar surface area (TPSA) is 47.9 Å². The fourth-order valence-electron chi connectivity index (χ4n) is 1.07. The summed E-state index contributed by atoms with van der Waals surface area (Å²) in [6.07, 6.45) is 6.71. The molecule has 0 N–H and O–H groups in total. The fraction of sp³-hybridized carbons (Fsp3) is 0.100. The van der Waals surface area contributed by atoms with Crippen molar-refractivity contribution in [3.05, 3.63) is 36.9 Å². The Balaban J connectivity index is 2.34. The molecule has 70 valence electrons. The highest BCUT2D eigenvalue weighted by molar-refractivity contribution is 5.53. The summed E-state index contributed by atoms with van der Waals surface area (Å²) in [4.78, 5) is 12.2. The van der Waals surface area contributed by atoms with Crippen molar-refractivity contribution in [1.29, 1.82) is 0 Å². The van der Waals surface area contributed by atoms with Gasteiger partial charge in [-0.25, -0.2) is 9.97 Å². The van der Waals surface area contributed by atoms with Gasteiger partial charge in [0.2, 0.25) is 0 Å². The van der Waals surface area contributed by atoms with Crippen LogP contribution in [0.1, 0.15) is 0 Å². The average Bonchev–Trinajstić information content (AvgIpc) is 2.30. The summed E-state index contributed by atoms with van der Waals surface area (Å²) in [5, 5.41) is 0. The molecule has 2 rings (SSSR count). The molecule has 2 heterocycles. The van der Waals surface area contributed by atoms with Crippen LogP contribution in [0.4, 0.5) is 0 Å². The second-order valence-electron chi connectivity index (χ2n) is 2.68. The van der Waals surface area contributed by atoms with Gasteiger partial charge in [0.15, 0.2) is 11.6 Å². The molecule has 0 radical (unpaired) electrons. The summed E-state index contributed by atoms with van der Waals surface area (Å²) >= 11 is 0. The number of nitrogens with zero attached hydrogens (tertiary/aromatic N) is 3. The van der Waals surface area contributed by atoms with Gasteiger partial charge in [-0.15, -0.1) is 0 Å². The third kappa shape index (κ3) is 1.69. The minimum Gasteiger partial charge on any atom is -0.494 e. The highest BCUT2D eigenvalue weighted by Gasteiger charge is 1.99. The van der Waals surface area contributed by atoms with Crippen molar-refractivity contribution >= 4 is 0 Å². The van der Waals surface area contributed by atoms with Crippen LogP contribution in [0.3, 0.4) is 0 Å². The highest BCUT2D eigenvalue weighted by Crippen LogP contribution is 2.14. The van der Waals surface area contributed by atoms with Gasteiger partial charge in [-0.3, -0.25) is 4.98 Å². The molecular weight excluding hydrogens is 178 g/mol. The maximum absolute atomic E-state index is 4.97. The largest absolute Gasteiger partial charge is 0.494 e. The molecule has 0 fully saturated rings. The van der Waals surface area contributed by atoms with Gasteiger partial charge in [0.25, 0.3) is 0 Å². The minimum absolute atomic E-state index is 0.655. The summed E-state index contributed by atoms with van der Waals surface area (Å²) in [6.45, 7) is 0. The van der Waals surface area contributed by atoms with Crippen LogP contribution < -0.4 is 4.74 Å². The molecule has 0 aliphatic carbocycles. The summed E-state index contributed by atoms with van der Waals surface area (Å²) in [5.41, 5.74) is 0.947. The number of aromatic nitrogens is 3. The lowest BCUT2D eigenvalue weighted by molar-refractivity contribution is 0.411. The van der Waals surface area contributed by atoms with E-state index < -0.39 is 0 Å². The van der Waals surface area contributed by atoms with E-state index in [9.17, 15) is 0 Å². The van der Waals surface area contributed by atoms with E-state index in [-0.39, 0.29) is 0 Å². The van der Waals surface area contributed by atoms with Crippen molar-refractivity contribution in [2.45, 2.75) is 0 Å². The quantitative estimate of drug-likeness (QED) is 0.715. The summed E-state index contributed by atoms with van der Waals surface area (Å²) < 4.78 is 4.97. The van der Waals surface area contributed by atoms with E-state index >= 15 is 0 Å². The minimum atomic E-state index is 0.655. The van der Waals surface area contributed by atoms with Crippen LogP contribution >= 0.6 is 0 Å². The van der Waals surface area contributed by atoms with Gasteiger partial charge in [-0.1, -0.05) is 0 Å². The Bertz CT molecular complexity index is 399. The first-order valence-corrected chi connectivity index (χ1v) is 4.16. The molecule has 0 saturated carbocycles. The number of ether oxygens (including phenoxy) is 1. The Hall–Kier alpha value is -1.97. The van der Waals surface area contributed by atoms with Gasteiger partial charge < -0.3 is 4.74 Å². The zero-order valence-electron chi connectivity index (χ0n) is 7.71. The molecule has 0 aromatic carbocycles. The van der Waals surface area contributed by atoms with Crippen molar-refractivity contribution in [2.24, 2.45) is 0 Å². The van der Waals surface area contributed by atoms with Crippen LogP contribution in [0.25, 0.3) is 11.4 Å². The third-order valence-corrected chi connectivity index (χ3v) is 1.80. The van der Waals surface area contributed by atoms with Crippen molar-refractivity contribution in [2.75, 3.05) is 7.11 Å². The molecule has 0 bridgehead atoms. The zero-order chi connectivity index (χ0) is 9.80. The van der Waals surface area contributed by atoms with Gasteiger partial charge in [-0.2, -0.15) is 0 Å². The molecular formula is C10H9N3O. The molecule has 4 heteroatoms. The Labute approximate surface area is 81.6 Å². The number of hydrogen-bond donors (Lipinski definition) is 0. The second kappa shape index (κ2) is 3.83. The molecule has 0 spiro atoms. The molecule has 0 unspecified atom stereocenters. The molecule has 0 saturated heterocycles. The molecule has 0 aliphatic heterocycles. The first-order valence-electron chi connectivity index (χ1n) is 4.16. The number of methoxy groups -OCH3 is 1. The van der Waals surface area contributed by atoms with Crippen LogP contribution in [0.5, 0.6) is 5.75 Å². The van der Waals surface area contributed by atoms with Crippen molar-refractivity contribution in [1.82, 2.24) is 15.0 Å². The van der Waals surface area contributed by atoms with Crippen molar-refractivity contribution < 1.29 is 4.74 Å².